The predicted molar refractivity (Wildman–Crippen MR) is 88.3 cm³/mol. The number of methoxy groups -OCH3 is 1. The lowest BCUT2D eigenvalue weighted by Crippen LogP contribution is -2.35. The largest absolute Gasteiger partial charge is 0.383 e. The summed E-state index contributed by atoms with van der Waals surface area (Å²) in [5.74, 6) is 0. The molecule has 2 rings (SSSR count). The van der Waals surface area contributed by atoms with Crippen molar-refractivity contribution in [3.05, 3.63) is 35.4 Å². The summed E-state index contributed by atoms with van der Waals surface area (Å²) in [5.41, 5.74) is 3.01. The molecule has 1 aliphatic carbocycles. The van der Waals surface area contributed by atoms with Crippen LogP contribution in [0.15, 0.2) is 24.3 Å². The zero-order valence-corrected chi connectivity index (χ0v) is 14.0. The molecule has 1 fully saturated rings. The van der Waals surface area contributed by atoms with Gasteiger partial charge in [0.25, 0.3) is 0 Å². The van der Waals surface area contributed by atoms with Crippen molar-refractivity contribution in [2.24, 2.45) is 0 Å². The molecule has 1 aromatic rings. The SMILES string of the molecule is COCCN(Cc1ccccc1CNC(C)(C)C)C1CC1. The number of benzene rings is 1. The zero-order valence-electron chi connectivity index (χ0n) is 14.0. The standard InChI is InChI=1S/C18H30N2O/c1-18(2,3)19-13-15-7-5-6-8-16(15)14-20(11-12-21-4)17-9-10-17/h5-8,17,19H,9-14H2,1-4H3. The van der Waals surface area contributed by atoms with E-state index in [-0.39, 0.29) is 5.54 Å². The Bertz CT molecular complexity index is 435. The Morgan fingerprint density at radius 3 is 2.43 bits per heavy atom. The Balaban J connectivity index is 2.00. The Kier molecular flexibility index (Phi) is 5.80. The third-order valence-corrected chi connectivity index (χ3v) is 3.95. The smallest absolute Gasteiger partial charge is 0.0589 e. The highest BCUT2D eigenvalue weighted by molar-refractivity contribution is 5.27. The number of nitrogens with one attached hydrogen (secondary N) is 1. The molecule has 0 aliphatic heterocycles. The van der Waals surface area contributed by atoms with Gasteiger partial charge in [0, 0.05) is 38.3 Å². The van der Waals surface area contributed by atoms with Gasteiger partial charge in [-0.15, -0.1) is 0 Å². The highest BCUT2D eigenvalue weighted by Crippen LogP contribution is 2.28. The summed E-state index contributed by atoms with van der Waals surface area (Å²) in [6, 6.07) is 9.57. The predicted octanol–water partition coefficient (Wildman–Crippen LogP) is 3.19. The molecular weight excluding hydrogens is 260 g/mol. The van der Waals surface area contributed by atoms with Crippen LogP contribution in [-0.4, -0.2) is 36.7 Å². The fourth-order valence-electron chi connectivity index (χ4n) is 2.50. The van der Waals surface area contributed by atoms with Gasteiger partial charge < -0.3 is 10.1 Å². The molecule has 0 radical (unpaired) electrons. The molecular formula is C18H30N2O. The van der Waals surface area contributed by atoms with E-state index in [0.717, 1.165) is 32.3 Å². The molecule has 21 heavy (non-hydrogen) atoms. The molecule has 3 heteroatoms. The van der Waals surface area contributed by atoms with Crippen molar-refractivity contribution in [2.75, 3.05) is 20.3 Å². The number of ether oxygens (including phenoxy) is 1. The van der Waals surface area contributed by atoms with Gasteiger partial charge in [0.15, 0.2) is 0 Å². The Morgan fingerprint density at radius 1 is 1.19 bits per heavy atom. The van der Waals surface area contributed by atoms with Crippen LogP contribution in [0.1, 0.15) is 44.7 Å². The van der Waals surface area contributed by atoms with E-state index in [1.165, 1.54) is 24.0 Å². The highest BCUT2D eigenvalue weighted by Gasteiger charge is 2.28. The van der Waals surface area contributed by atoms with E-state index in [9.17, 15) is 0 Å². The molecule has 1 N–H and O–H groups in total. The third kappa shape index (κ3) is 5.77. The first-order valence-corrected chi connectivity index (χ1v) is 8.04. The monoisotopic (exact) mass is 290 g/mol. The minimum atomic E-state index is 0.152. The van der Waals surface area contributed by atoms with Gasteiger partial charge in [0.1, 0.15) is 0 Å². The van der Waals surface area contributed by atoms with Crippen molar-refractivity contribution in [3.8, 4) is 0 Å². The van der Waals surface area contributed by atoms with Crippen molar-refractivity contribution in [3.63, 3.8) is 0 Å². The summed E-state index contributed by atoms with van der Waals surface area (Å²) in [6.07, 6.45) is 2.68. The quantitative estimate of drug-likeness (QED) is 0.796. The van der Waals surface area contributed by atoms with Crippen LogP contribution in [-0.2, 0) is 17.8 Å². The lowest BCUT2D eigenvalue weighted by atomic mass is 10.0. The second-order valence-electron chi connectivity index (χ2n) is 7.07. The number of hydrogen-bond donors (Lipinski definition) is 1. The first-order chi connectivity index (χ1) is 9.99. The molecule has 0 bridgehead atoms. The molecule has 0 unspecified atom stereocenters. The van der Waals surface area contributed by atoms with Crippen molar-refractivity contribution >= 4 is 0 Å². The van der Waals surface area contributed by atoms with E-state index in [1.807, 2.05) is 0 Å². The highest BCUT2D eigenvalue weighted by atomic mass is 16.5. The molecule has 3 nitrogen and oxygen atoms in total. The Labute approximate surface area is 129 Å². The Morgan fingerprint density at radius 2 is 1.86 bits per heavy atom. The average molecular weight is 290 g/mol. The second-order valence-corrected chi connectivity index (χ2v) is 7.07. The Hall–Kier alpha value is -0.900. The van der Waals surface area contributed by atoms with Gasteiger partial charge in [0.05, 0.1) is 6.61 Å². The molecule has 0 aromatic heterocycles. The van der Waals surface area contributed by atoms with Gasteiger partial charge >= 0.3 is 0 Å². The van der Waals surface area contributed by atoms with Crippen LogP contribution in [0.4, 0.5) is 0 Å². The number of hydrogen-bond acceptors (Lipinski definition) is 3. The summed E-state index contributed by atoms with van der Waals surface area (Å²) < 4.78 is 5.26. The first kappa shape index (κ1) is 16.5. The van der Waals surface area contributed by atoms with Gasteiger partial charge in [-0.1, -0.05) is 24.3 Å². The zero-order chi connectivity index (χ0) is 15.3. The van der Waals surface area contributed by atoms with Crippen LogP contribution in [0.25, 0.3) is 0 Å². The summed E-state index contributed by atoms with van der Waals surface area (Å²) in [6.45, 7) is 10.5. The fourth-order valence-corrected chi connectivity index (χ4v) is 2.50. The molecule has 1 saturated carbocycles. The lowest BCUT2D eigenvalue weighted by molar-refractivity contribution is 0.139. The van der Waals surface area contributed by atoms with Gasteiger partial charge in [-0.2, -0.15) is 0 Å². The van der Waals surface area contributed by atoms with Crippen LogP contribution in [0, 0.1) is 0 Å². The van der Waals surface area contributed by atoms with E-state index >= 15 is 0 Å². The van der Waals surface area contributed by atoms with Gasteiger partial charge in [-0.25, -0.2) is 0 Å². The van der Waals surface area contributed by atoms with Crippen molar-refractivity contribution < 1.29 is 4.74 Å². The van der Waals surface area contributed by atoms with E-state index in [2.05, 4.69) is 55.3 Å². The van der Waals surface area contributed by atoms with Crippen molar-refractivity contribution in [1.29, 1.82) is 0 Å². The van der Waals surface area contributed by atoms with Crippen molar-refractivity contribution in [2.45, 2.75) is 58.3 Å². The summed E-state index contributed by atoms with van der Waals surface area (Å²) in [4.78, 5) is 2.57. The molecule has 0 saturated heterocycles. The third-order valence-electron chi connectivity index (χ3n) is 3.95. The van der Waals surface area contributed by atoms with Crippen LogP contribution in [0.3, 0.4) is 0 Å². The van der Waals surface area contributed by atoms with Gasteiger partial charge in [-0.3, -0.25) is 4.90 Å². The molecule has 1 aliphatic rings. The van der Waals surface area contributed by atoms with Crippen LogP contribution < -0.4 is 5.32 Å². The normalized spacial score (nSPS) is 15.7. The molecule has 0 heterocycles. The summed E-state index contributed by atoms with van der Waals surface area (Å²) in [5, 5.41) is 3.60. The number of nitrogens with zero attached hydrogens (tertiary/aromatic N) is 1. The molecule has 0 amide bonds. The van der Waals surface area contributed by atoms with Gasteiger partial charge in [0.2, 0.25) is 0 Å². The lowest BCUT2D eigenvalue weighted by Gasteiger charge is -2.25. The molecule has 118 valence electrons. The van der Waals surface area contributed by atoms with E-state index < -0.39 is 0 Å². The average Bonchev–Trinajstić information content (AvgIpc) is 3.26. The second kappa shape index (κ2) is 7.39. The van der Waals surface area contributed by atoms with Crippen molar-refractivity contribution in [1.82, 2.24) is 10.2 Å². The van der Waals surface area contributed by atoms with Gasteiger partial charge in [-0.05, 0) is 44.7 Å². The van der Waals surface area contributed by atoms with Crippen LogP contribution in [0.5, 0.6) is 0 Å². The van der Waals surface area contributed by atoms with E-state index in [1.54, 1.807) is 7.11 Å². The topological polar surface area (TPSA) is 24.5 Å². The van der Waals surface area contributed by atoms with E-state index in [0.29, 0.717) is 0 Å². The number of rotatable bonds is 8. The first-order valence-electron chi connectivity index (χ1n) is 8.04. The molecule has 0 atom stereocenters. The minimum absolute atomic E-state index is 0.152. The molecule has 0 spiro atoms. The minimum Gasteiger partial charge on any atom is -0.383 e. The maximum atomic E-state index is 5.26. The van der Waals surface area contributed by atoms with E-state index in [4.69, 9.17) is 4.74 Å². The summed E-state index contributed by atoms with van der Waals surface area (Å²) in [7, 11) is 1.78. The maximum Gasteiger partial charge on any atom is 0.0589 e. The molecule has 1 aromatic carbocycles. The maximum absolute atomic E-state index is 5.26. The summed E-state index contributed by atoms with van der Waals surface area (Å²) >= 11 is 0. The van der Waals surface area contributed by atoms with Crippen LogP contribution >= 0.6 is 0 Å². The fraction of sp³-hybridized carbons (Fsp3) is 0.667. The van der Waals surface area contributed by atoms with Crippen LogP contribution in [0.2, 0.25) is 0 Å².